The molecule has 5 aliphatic carbocycles. The molecule has 5 saturated carbocycles. The Labute approximate surface area is 126 Å². The van der Waals surface area contributed by atoms with Crippen LogP contribution < -0.4 is 0 Å². The molecule has 0 heteroatoms. The monoisotopic (exact) mass is 274 g/mol. The highest BCUT2D eigenvalue weighted by Crippen LogP contribution is 2.66. The topological polar surface area (TPSA) is 0 Å². The number of fused-ring (bicyclic) bond motifs is 4. The predicted octanol–water partition coefficient (Wildman–Crippen LogP) is 5.77. The Kier molecular flexibility index (Phi) is 2.76. The Morgan fingerprint density at radius 1 is 0.850 bits per heavy atom. The van der Waals surface area contributed by atoms with E-state index in [1.165, 1.54) is 6.42 Å². The summed E-state index contributed by atoms with van der Waals surface area (Å²) in [5.74, 6) is 7.33. The lowest BCUT2D eigenvalue weighted by Gasteiger charge is -2.63. The summed E-state index contributed by atoms with van der Waals surface area (Å²) in [5, 5.41) is 0. The van der Waals surface area contributed by atoms with Gasteiger partial charge in [-0.1, -0.05) is 34.6 Å². The van der Waals surface area contributed by atoms with Gasteiger partial charge in [0.15, 0.2) is 0 Å². The minimum atomic E-state index is 0.653. The standard InChI is InChI=1S/C20H34/c1-12-14(9-16-11-17(12)20(16,4)5)10-18-13-6-7-15(8-13)19(18,2)3/h12-18H,6-11H2,1-5H3. The molecular formula is C20H34. The average Bonchev–Trinajstić information content (AvgIpc) is 2.93. The van der Waals surface area contributed by atoms with E-state index in [1.807, 2.05) is 0 Å². The molecule has 0 aromatic rings. The van der Waals surface area contributed by atoms with Crippen LogP contribution >= 0.6 is 0 Å². The van der Waals surface area contributed by atoms with Gasteiger partial charge in [-0.15, -0.1) is 0 Å². The predicted molar refractivity (Wildman–Crippen MR) is 85.4 cm³/mol. The second-order valence-corrected chi connectivity index (χ2v) is 10.1. The Morgan fingerprint density at radius 2 is 1.60 bits per heavy atom. The fourth-order valence-corrected chi connectivity index (χ4v) is 7.36. The summed E-state index contributed by atoms with van der Waals surface area (Å²) in [6, 6.07) is 0. The molecule has 5 fully saturated rings. The van der Waals surface area contributed by atoms with Crippen LogP contribution in [0.25, 0.3) is 0 Å². The first-order valence-corrected chi connectivity index (χ1v) is 9.31. The van der Waals surface area contributed by atoms with E-state index in [0.717, 1.165) is 41.4 Å². The molecule has 0 aromatic carbocycles. The van der Waals surface area contributed by atoms with Crippen LogP contribution in [-0.4, -0.2) is 0 Å². The maximum Gasteiger partial charge on any atom is -0.0295 e. The molecule has 114 valence electrons. The van der Waals surface area contributed by atoms with Crippen LogP contribution in [0.1, 0.15) is 73.1 Å². The lowest BCUT2D eigenvalue weighted by molar-refractivity contribution is -0.136. The summed E-state index contributed by atoms with van der Waals surface area (Å²) in [6.07, 6.45) is 9.32. The molecule has 0 amide bonds. The Balaban J connectivity index is 1.48. The molecule has 0 heterocycles. The first-order valence-electron chi connectivity index (χ1n) is 9.31. The highest BCUT2D eigenvalue weighted by Gasteiger charge is 2.58. The van der Waals surface area contributed by atoms with E-state index in [9.17, 15) is 0 Å². The summed E-state index contributed by atoms with van der Waals surface area (Å²) >= 11 is 0. The van der Waals surface area contributed by atoms with Gasteiger partial charge in [0.25, 0.3) is 0 Å². The molecule has 0 radical (unpaired) electrons. The van der Waals surface area contributed by atoms with E-state index < -0.39 is 0 Å². The fraction of sp³-hybridized carbons (Fsp3) is 1.00. The van der Waals surface area contributed by atoms with Gasteiger partial charge in [0, 0.05) is 0 Å². The molecule has 0 N–H and O–H groups in total. The van der Waals surface area contributed by atoms with Crippen molar-refractivity contribution in [1.82, 2.24) is 0 Å². The van der Waals surface area contributed by atoms with Crippen LogP contribution in [0.3, 0.4) is 0 Å². The smallest absolute Gasteiger partial charge is 0.0295 e. The number of rotatable bonds is 2. The van der Waals surface area contributed by atoms with Crippen LogP contribution in [0, 0.1) is 52.3 Å². The SMILES string of the molecule is CC1C(CC2C3CCC(C3)C2(C)C)CC2CC1C2(C)C. The third-order valence-corrected chi connectivity index (χ3v) is 9.12. The van der Waals surface area contributed by atoms with Crippen molar-refractivity contribution in [3.8, 4) is 0 Å². The zero-order valence-corrected chi connectivity index (χ0v) is 14.3. The first kappa shape index (κ1) is 13.6. The lowest BCUT2D eigenvalue weighted by atomic mass is 9.42. The minimum Gasteiger partial charge on any atom is -0.0620 e. The van der Waals surface area contributed by atoms with Crippen LogP contribution in [0.2, 0.25) is 0 Å². The zero-order valence-electron chi connectivity index (χ0n) is 14.3. The zero-order chi connectivity index (χ0) is 14.3. The van der Waals surface area contributed by atoms with Crippen LogP contribution in [0.5, 0.6) is 0 Å². The summed E-state index contributed by atoms with van der Waals surface area (Å²) in [5.41, 5.74) is 1.32. The van der Waals surface area contributed by atoms with E-state index in [2.05, 4.69) is 34.6 Å². The van der Waals surface area contributed by atoms with Gasteiger partial charge in [0.05, 0.1) is 0 Å². The molecule has 7 atom stereocenters. The number of hydrogen-bond donors (Lipinski definition) is 0. The maximum atomic E-state index is 2.60. The summed E-state index contributed by atoms with van der Waals surface area (Å²) < 4.78 is 0. The van der Waals surface area contributed by atoms with Crippen LogP contribution in [-0.2, 0) is 0 Å². The van der Waals surface area contributed by atoms with Gasteiger partial charge in [0.2, 0.25) is 0 Å². The van der Waals surface area contributed by atoms with Crippen molar-refractivity contribution in [3.05, 3.63) is 0 Å². The molecule has 0 saturated heterocycles. The summed E-state index contributed by atoms with van der Waals surface area (Å²) in [6.45, 7) is 12.9. The van der Waals surface area contributed by atoms with Crippen molar-refractivity contribution in [3.63, 3.8) is 0 Å². The molecule has 20 heavy (non-hydrogen) atoms. The van der Waals surface area contributed by atoms with Crippen LogP contribution in [0.15, 0.2) is 0 Å². The molecule has 0 aliphatic heterocycles. The lowest BCUT2D eigenvalue weighted by Crippen LogP contribution is -2.55. The highest BCUT2D eigenvalue weighted by atomic mass is 14.6. The second kappa shape index (κ2) is 4.05. The van der Waals surface area contributed by atoms with Crippen molar-refractivity contribution < 1.29 is 0 Å². The minimum absolute atomic E-state index is 0.653. The molecular weight excluding hydrogens is 240 g/mol. The second-order valence-electron chi connectivity index (χ2n) is 10.1. The van der Waals surface area contributed by atoms with Crippen molar-refractivity contribution in [1.29, 1.82) is 0 Å². The Morgan fingerprint density at radius 3 is 2.15 bits per heavy atom. The van der Waals surface area contributed by atoms with E-state index in [4.69, 9.17) is 0 Å². The highest BCUT2D eigenvalue weighted by molar-refractivity contribution is 5.07. The van der Waals surface area contributed by atoms with Crippen molar-refractivity contribution in [2.45, 2.75) is 73.1 Å². The van der Waals surface area contributed by atoms with Gasteiger partial charge < -0.3 is 0 Å². The summed E-state index contributed by atoms with van der Waals surface area (Å²) in [7, 11) is 0. The van der Waals surface area contributed by atoms with Gasteiger partial charge in [-0.25, -0.2) is 0 Å². The molecule has 5 aliphatic rings. The molecule has 0 aromatic heterocycles. The van der Waals surface area contributed by atoms with Crippen molar-refractivity contribution >= 4 is 0 Å². The first-order chi connectivity index (χ1) is 9.31. The average molecular weight is 274 g/mol. The van der Waals surface area contributed by atoms with Gasteiger partial charge in [-0.05, 0) is 90.8 Å². The van der Waals surface area contributed by atoms with E-state index in [0.29, 0.717) is 10.8 Å². The number of hydrogen-bond acceptors (Lipinski definition) is 0. The normalized spacial score (nSPS) is 54.8. The Hall–Kier alpha value is 0. The largest absolute Gasteiger partial charge is 0.0620 e. The van der Waals surface area contributed by atoms with Gasteiger partial charge in [0.1, 0.15) is 0 Å². The quantitative estimate of drug-likeness (QED) is 0.600. The molecule has 4 bridgehead atoms. The van der Waals surface area contributed by atoms with Crippen LogP contribution in [0.4, 0.5) is 0 Å². The fourth-order valence-electron chi connectivity index (χ4n) is 7.36. The third kappa shape index (κ3) is 1.60. The van der Waals surface area contributed by atoms with Gasteiger partial charge >= 0.3 is 0 Å². The molecule has 0 nitrogen and oxygen atoms in total. The molecule has 7 unspecified atom stereocenters. The van der Waals surface area contributed by atoms with Gasteiger partial charge in [-0.3, -0.25) is 0 Å². The van der Waals surface area contributed by atoms with E-state index >= 15 is 0 Å². The van der Waals surface area contributed by atoms with E-state index in [1.54, 1.807) is 32.1 Å². The van der Waals surface area contributed by atoms with Crippen molar-refractivity contribution in [2.24, 2.45) is 52.3 Å². The molecule has 0 spiro atoms. The molecule has 5 rings (SSSR count). The van der Waals surface area contributed by atoms with Gasteiger partial charge in [-0.2, -0.15) is 0 Å². The maximum absolute atomic E-state index is 2.60. The van der Waals surface area contributed by atoms with Crippen molar-refractivity contribution in [2.75, 3.05) is 0 Å². The Bertz CT molecular complexity index is 404. The van der Waals surface area contributed by atoms with E-state index in [-0.39, 0.29) is 0 Å². The summed E-state index contributed by atoms with van der Waals surface area (Å²) in [4.78, 5) is 0. The third-order valence-electron chi connectivity index (χ3n) is 9.12.